The van der Waals surface area contributed by atoms with E-state index in [0.29, 0.717) is 12.0 Å². The van der Waals surface area contributed by atoms with Crippen molar-refractivity contribution < 1.29 is 9.90 Å². The van der Waals surface area contributed by atoms with E-state index in [2.05, 4.69) is 10.3 Å². The minimum atomic E-state index is -0.122. The van der Waals surface area contributed by atoms with Crippen LogP contribution in [0.15, 0.2) is 23.4 Å². The Hall–Kier alpha value is -1.07. The van der Waals surface area contributed by atoms with Crippen molar-refractivity contribution in [3.8, 4) is 0 Å². The Bertz CT molecular complexity index is 371. The van der Waals surface area contributed by atoms with Gasteiger partial charge in [0.2, 0.25) is 0 Å². The fourth-order valence-electron chi connectivity index (χ4n) is 1.52. The second-order valence-electron chi connectivity index (χ2n) is 3.65. The van der Waals surface area contributed by atoms with Crippen molar-refractivity contribution in [2.75, 3.05) is 12.9 Å². The van der Waals surface area contributed by atoms with Gasteiger partial charge in [0.1, 0.15) is 5.03 Å². The third kappa shape index (κ3) is 4.02. The number of hydrogen-bond donors (Lipinski definition) is 2. The summed E-state index contributed by atoms with van der Waals surface area (Å²) in [4.78, 5) is 16.2. The van der Waals surface area contributed by atoms with Crippen LogP contribution in [0, 0.1) is 0 Å². The number of aliphatic hydroxyl groups is 1. The van der Waals surface area contributed by atoms with Crippen molar-refractivity contribution in [2.24, 2.45) is 0 Å². The van der Waals surface area contributed by atoms with E-state index >= 15 is 0 Å². The van der Waals surface area contributed by atoms with Gasteiger partial charge >= 0.3 is 0 Å². The highest BCUT2D eigenvalue weighted by Crippen LogP contribution is 2.16. The van der Waals surface area contributed by atoms with Crippen LogP contribution < -0.4 is 5.32 Å². The molecule has 1 aromatic rings. The summed E-state index contributed by atoms with van der Waals surface area (Å²) in [6, 6.07) is 3.53. The van der Waals surface area contributed by atoms with Crippen LogP contribution in [-0.2, 0) is 0 Å². The summed E-state index contributed by atoms with van der Waals surface area (Å²) in [5.41, 5.74) is 0.594. The van der Waals surface area contributed by atoms with Crippen LogP contribution in [0.1, 0.15) is 30.1 Å². The van der Waals surface area contributed by atoms with Crippen LogP contribution >= 0.6 is 11.8 Å². The molecule has 0 saturated heterocycles. The highest BCUT2D eigenvalue weighted by atomic mass is 32.2. The number of aromatic nitrogens is 1. The highest BCUT2D eigenvalue weighted by Gasteiger charge is 2.15. The molecule has 1 aromatic heterocycles. The number of pyridine rings is 1. The maximum Gasteiger partial charge on any atom is 0.254 e. The summed E-state index contributed by atoms with van der Waals surface area (Å²) in [5, 5.41) is 12.5. The van der Waals surface area contributed by atoms with Crippen LogP contribution in [0.2, 0.25) is 0 Å². The topological polar surface area (TPSA) is 62.2 Å². The molecule has 2 N–H and O–H groups in total. The molecule has 1 unspecified atom stereocenters. The maximum atomic E-state index is 12.0. The second-order valence-corrected chi connectivity index (χ2v) is 4.45. The van der Waals surface area contributed by atoms with Crippen LogP contribution in [0.25, 0.3) is 0 Å². The van der Waals surface area contributed by atoms with Gasteiger partial charge in [-0.3, -0.25) is 4.79 Å². The highest BCUT2D eigenvalue weighted by molar-refractivity contribution is 7.98. The Morgan fingerprint density at radius 3 is 3.00 bits per heavy atom. The molecule has 0 aromatic carbocycles. The first kappa shape index (κ1) is 14.0. The van der Waals surface area contributed by atoms with E-state index < -0.39 is 0 Å². The number of carbonyl (C=O) groups excluding carboxylic acids is 1. The van der Waals surface area contributed by atoms with Gasteiger partial charge in [-0.05, 0) is 31.2 Å². The molecule has 0 bridgehead atoms. The fourth-order valence-corrected chi connectivity index (χ4v) is 2.07. The van der Waals surface area contributed by atoms with Gasteiger partial charge in [-0.2, -0.15) is 0 Å². The van der Waals surface area contributed by atoms with Gasteiger partial charge < -0.3 is 10.4 Å². The van der Waals surface area contributed by atoms with Crippen LogP contribution in [-0.4, -0.2) is 34.9 Å². The summed E-state index contributed by atoms with van der Waals surface area (Å²) >= 11 is 1.45. The molecule has 0 spiro atoms. The molecule has 0 fully saturated rings. The molecule has 0 aliphatic carbocycles. The average Bonchev–Trinajstić information content (AvgIpc) is 2.38. The lowest BCUT2D eigenvalue weighted by atomic mass is 10.1. The van der Waals surface area contributed by atoms with E-state index in [4.69, 9.17) is 5.11 Å². The molecular weight excluding hydrogens is 236 g/mol. The molecule has 0 saturated carbocycles. The van der Waals surface area contributed by atoms with Crippen LogP contribution in [0.4, 0.5) is 0 Å². The zero-order valence-electron chi connectivity index (χ0n) is 10.1. The monoisotopic (exact) mass is 254 g/mol. The number of thioether (sulfide) groups is 1. The predicted octanol–water partition coefficient (Wildman–Crippen LogP) is 1.69. The summed E-state index contributed by atoms with van der Waals surface area (Å²) < 4.78 is 0. The summed E-state index contributed by atoms with van der Waals surface area (Å²) in [6.07, 6.45) is 4.95. The molecule has 1 amide bonds. The lowest BCUT2D eigenvalue weighted by Gasteiger charge is -2.16. The predicted molar refractivity (Wildman–Crippen MR) is 69.3 cm³/mol. The lowest BCUT2D eigenvalue weighted by Crippen LogP contribution is -2.35. The number of hydrogen-bond acceptors (Lipinski definition) is 4. The third-order valence-electron chi connectivity index (χ3n) is 2.51. The first-order valence-electron chi connectivity index (χ1n) is 5.63. The van der Waals surface area contributed by atoms with Crippen LogP contribution in [0.5, 0.6) is 0 Å². The maximum absolute atomic E-state index is 12.0. The Labute approximate surface area is 106 Å². The molecule has 1 heterocycles. The lowest BCUT2D eigenvalue weighted by molar-refractivity contribution is 0.0925. The van der Waals surface area contributed by atoms with Gasteiger partial charge in [0.25, 0.3) is 5.91 Å². The van der Waals surface area contributed by atoms with Crippen LogP contribution in [0.3, 0.4) is 0 Å². The zero-order valence-corrected chi connectivity index (χ0v) is 11.0. The van der Waals surface area contributed by atoms with Crippen molar-refractivity contribution >= 4 is 17.7 Å². The van der Waals surface area contributed by atoms with Gasteiger partial charge in [0.05, 0.1) is 5.56 Å². The Balaban J connectivity index is 2.75. The zero-order chi connectivity index (χ0) is 12.7. The number of nitrogens with one attached hydrogen (secondary N) is 1. The largest absolute Gasteiger partial charge is 0.396 e. The number of aliphatic hydroxyl groups excluding tert-OH is 1. The molecule has 1 atom stereocenters. The summed E-state index contributed by atoms with van der Waals surface area (Å²) in [6.45, 7) is 2.07. The van der Waals surface area contributed by atoms with E-state index in [1.54, 1.807) is 18.3 Å². The molecule has 17 heavy (non-hydrogen) atoms. The Kier molecular flexibility index (Phi) is 6.00. The molecule has 5 heteroatoms. The number of rotatable bonds is 6. The van der Waals surface area contributed by atoms with Crippen molar-refractivity contribution in [3.63, 3.8) is 0 Å². The van der Waals surface area contributed by atoms with E-state index in [1.165, 1.54) is 11.8 Å². The number of amides is 1. The van der Waals surface area contributed by atoms with Crippen molar-refractivity contribution in [3.05, 3.63) is 23.9 Å². The molecule has 0 radical (unpaired) electrons. The minimum Gasteiger partial charge on any atom is -0.396 e. The van der Waals surface area contributed by atoms with Gasteiger partial charge in [0.15, 0.2) is 0 Å². The fraction of sp³-hybridized carbons (Fsp3) is 0.500. The molecule has 4 nitrogen and oxygen atoms in total. The van der Waals surface area contributed by atoms with Gasteiger partial charge in [-0.1, -0.05) is 6.92 Å². The smallest absolute Gasteiger partial charge is 0.254 e. The van der Waals surface area contributed by atoms with Gasteiger partial charge in [-0.25, -0.2) is 4.98 Å². The average molecular weight is 254 g/mol. The molecule has 0 aliphatic rings. The molecule has 0 aliphatic heterocycles. The van der Waals surface area contributed by atoms with Gasteiger partial charge in [0, 0.05) is 18.8 Å². The van der Waals surface area contributed by atoms with E-state index in [1.807, 2.05) is 13.2 Å². The SMILES string of the molecule is CCC(CCO)NC(=O)c1cccnc1SC. The standard InChI is InChI=1S/C12H18N2O2S/c1-3-9(6-8-15)14-11(16)10-5-4-7-13-12(10)17-2/h4-5,7,9,15H,3,6,8H2,1-2H3,(H,14,16). The first-order chi connectivity index (χ1) is 8.22. The third-order valence-corrected chi connectivity index (χ3v) is 3.23. The minimum absolute atomic E-state index is 0.0161. The molecular formula is C12H18N2O2S. The number of nitrogens with zero attached hydrogens (tertiary/aromatic N) is 1. The second kappa shape index (κ2) is 7.29. The Morgan fingerprint density at radius 2 is 2.41 bits per heavy atom. The normalized spacial score (nSPS) is 12.2. The van der Waals surface area contributed by atoms with E-state index in [9.17, 15) is 4.79 Å². The quantitative estimate of drug-likeness (QED) is 0.758. The Morgan fingerprint density at radius 1 is 1.65 bits per heavy atom. The van der Waals surface area contributed by atoms with Gasteiger partial charge in [-0.15, -0.1) is 11.8 Å². The summed E-state index contributed by atoms with van der Waals surface area (Å²) in [7, 11) is 0. The van der Waals surface area contributed by atoms with Crippen molar-refractivity contribution in [2.45, 2.75) is 30.8 Å². The molecule has 94 valence electrons. The van der Waals surface area contributed by atoms with E-state index in [-0.39, 0.29) is 18.6 Å². The summed E-state index contributed by atoms with van der Waals surface area (Å²) in [5.74, 6) is -0.122. The number of carbonyl (C=O) groups is 1. The van der Waals surface area contributed by atoms with E-state index in [0.717, 1.165) is 11.4 Å². The van der Waals surface area contributed by atoms with Crippen molar-refractivity contribution in [1.82, 2.24) is 10.3 Å². The first-order valence-corrected chi connectivity index (χ1v) is 6.86. The van der Waals surface area contributed by atoms with Crippen molar-refractivity contribution in [1.29, 1.82) is 0 Å². The molecule has 1 rings (SSSR count).